The van der Waals surface area contributed by atoms with Gasteiger partial charge in [0.25, 0.3) is 0 Å². The highest BCUT2D eigenvalue weighted by atomic mass is 35.5. The molecule has 0 unspecified atom stereocenters. The van der Waals surface area contributed by atoms with Gasteiger partial charge in [-0.3, -0.25) is 4.79 Å². The van der Waals surface area contributed by atoms with Crippen molar-refractivity contribution in [3.05, 3.63) is 65.6 Å². The highest BCUT2D eigenvalue weighted by Crippen LogP contribution is 2.20. The third-order valence-corrected chi connectivity index (χ3v) is 4.90. The summed E-state index contributed by atoms with van der Waals surface area (Å²) < 4.78 is 2.06. The van der Waals surface area contributed by atoms with Crippen molar-refractivity contribution < 1.29 is 4.79 Å². The normalized spacial score (nSPS) is 11.3. The number of imidazole rings is 1. The molecule has 2 aromatic carbocycles. The Morgan fingerprint density at radius 3 is 2.96 bits per heavy atom. The molecule has 0 spiro atoms. The second kappa shape index (κ2) is 7.84. The maximum absolute atomic E-state index is 12.1. The number of amides is 1. The number of hydrogen-bond donors (Lipinski definition) is 2. The van der Waals surface area contributed by atoms with Crippen LogP contribution in [-0.2, 0) is 17.8 Å². The summed E-state index contributed by atoms with van der Waals surface area (Å²) in [6, 6.07) is 15.8. The number of fused-ring (bicyclic) bond motifs is 2. The molecule has 5 nitrogen and oxygen atoms in total. The zero-order valence-electron chi connectivity index (χ0n) is 14.9. The topological polar surface area (TPSA) is 62.7 Å². The third kappa shape index (κ3) is 4.14. The van der Waals surface area contributed by atoms with Crippen LogP contribution < -0.4 is 5.32 Å². The molecule has 0 aliphatic rings. The van der Waals surface area contributed by atoms with Gasteiger partial charge in [-0.15, -0.1) is 0 Å². The Hall–Kier alpha value is -2.79. The van der Waals surface area contributed by atoms with Crippen molar-refractivity contribution in [3.8, 4) is 0 Å². The van der Waals surface area contributed by atoms with Gasteiger partial charge in [0.15, 0.2) is 0 Å². The van der Waals surface area contributed by atoms with Crippen LogP contribution in [-0.4, -0.2) is 27.0 Å². The van der Waals surface area contributed by atoms with Crippen molar-refractivity contribution in [3.63, 3.8) is 0 Å². The molecule has 0 bridgehead atoms. The predicted molar refractivity (Wildman–Crippen MR) is 109 cm³/mol. The zero-order valence-corrected chi connectivity index (χ0v) is 15.7. The Bertz CT molecular complexity index is 1050. The average Bonchev–Trinajstić information content (AvgIpc) is 3.26. The Labute approximate surface area is 162 Å². The zero-order chi connectivity index (χ0) is 18.6. The second-order valence-corrected chi connectivity index (χ2v) is 7.05. The van der Waals surface area contributed by atoms with Crippen LogP contribution in [0.1, 0.15) is 18.7 Å². The Morgan fingerprint density at radius 1 is 1.19 bits per heavy atom. The fourth-order valence-corrected chi connectivity index (χ4v) is 3.44. The van der Waals surface area contributed by atoms with Crippen molar-refractivity contribution in [1.29, 1.82) is 0 Å². The first-order chi connectivity index (χ1) is 13.2. The lowest BCUT2D eigenvalue weighted by atomic mass is 10.2. The number of rotatable bonds is 7. The summed E-state index contributed by atoms with van der Waals surface area (Å²) in [6.07, 6.45) is 4.11. The van der Waals surface area contributed by atoms with Gasteiger partial charge in [0.05, 0.1) is 11.0 Å². The van der Waals surface area contributed by atoms with Crippen molar-refractivity contribution >= 4 is 39.4 Å². The number of halogens is 1. The molecule has 0 atom stereocenters. The highest BCUT2D eigenvalue weighted by Gasteiger charge is 2.06. The molecule has 2 N–H and O–H groups in total. The molecular weight excluding hydrogens is 360 g/mol. The van der Waals surface area contributed by atoms with E-state index in [0.29, 0.717) is 24.5 Å². The standard InChI is InChI=1S/C21H21ClN4O/c22-16-8-7-15-9-12-26(19(15)14-16)13-10-21(27)23-11-3-6-20-24-17-4-1-2-5-18(17)25-20/h1-2,4-5,7-9,12,14H,3,6,10-11,13H2,(H,23,27)(H,24,25). The Kier molecular flexibility index (Phi) is 5.12. The number of H-pyrrole nitrogens is 1. The summed E-state index contributed by atoms with van der Waals surface area (Å²) in [6.45, 7) is 1.29. The van der Waals surface area contributed by atoms with E-state index in [1.54, 1.807) is 0 Å². The monoisotopic (exact) mass is 380 g/mol. The number of para-hydroxylation sites is 2. The lowest BCUT2D eigenvalue weighted by molar-refractivity contribution is -0.121. The smallest absolute Gasteiger partial charge is 0.221 e. The van der Waals surface area contributed by atoms with Gasteiger partial charge < -0.3 is 14.9 Å². The molecule has 6 heteroatoms. The molecule has 0 aliphatic carbocycles. The van der Waals surface area contributed by atoms with Crippen LogP contribution >= 0.6 is 11.6 Å². The van der Waals surface area contributed by atoms with E-state index in [1.165, 1.54) is 0 Å². The van der Waals surface area contributed by atoms with Crippen LogP contribution in [0.3, 0.4) is 0 Å². The molecule has 0 aliphatic heterocycles. The summed E-state index contributed by atoms with van der Waals surface area (Å²) in [7, 11) is 0. The minimum Gasteiger partial charge on any atom is -0.356 e. The maximum Gasteiger partial charge on any atom is 0.221 e. The minimum atomic E-state index is 0.0588. The molecule has 1 amide bonds. The molecule has 0 radical (unpaired) electrons. The number of aromatic nitrogens is 3. The molecule has 4 rings (SSSR count). The number of aryl methyl sites for hydroxylation is 2. The van der Waals surface area contributed by atoms with Gasteiger partial charge in [-0.2, -0.15) is 0 Å². The van der Waals surface area contributed by atoms with Crippen LogP contribution in [0.4, 0.5) is 0 Å². The van der Waals surface area contributed by atoms with Crippen molar-refractivity contribution in [2.45, 2.75) is 25.8 Å². The van der Waals surface area contributed by atoms with E-state index in [0.717, 1.165) is 40.6 Å². The maximum atomic E-state index is 12.1. The van der Waals surface area contributed by atoms with Crippen LogP contribution in [0.25, 0.3) is 21.9 Å². The van der Waals surface area contributed by atoms with Gasteiger partial charge in [0, 0.05) is 42.7 Å². The molecule has 4 aromatic rings. The molecule has 0 saturated carbocycles. The number of nitrogens with zero attached hydrogens (tertiary/aromatic N) is 2. The van der Waals surface area contributed by atoms with E-state index in [1.807, 2.05) is 54.7 Å². The quantitative estimate of drug-likeness (QED) is 0.469. The van der Waals surface area contributed by atoms with Gasteiger partial charge in [0.2, 0.25) is 5.91 Å². The van der Waals surface area contributed by atoms with Crippen molar-refractivity contribution in [2.24, 2.45) is 0 Å². The van der Waals surface area contributed by atoms with Crippen LogP contribution in [0, 0.1) is 0 Å². The number of benzene rings is 2. The molecule has 27 heavy (non-hydrogen) atoms. The fourth-order valence-electron chi connectivity index (χ4n) is 3.27. The van der Waals surface area contributed by atoms with Gasteiger partial charge in [-0.05, 0) is 42.1 Å². The summed E-state index contributed by atoms with van der Waals surface area (Å²) in [5, 5.41) is 4.82. The number of hydrogen-bond acceptors (Lipinski definition) is 2. The number of carbonyl (C=O) groups is 1. The van der Waals surface area contributed by atoms with E-state index in [4.69, 9.17) is 11.6 Å². The number of carbonyl (C=O) groups excluding carboxylic acids is 1. The van der Waals surface area contributed by atoms with E-state index >= 15 is 0 Å². The van der Waals surface area contributed by atoms with Gasteiger partial charge in [-0.1, -0.05) is 29.8 Å². The highest BCUT2D eigenvalue weighted by molar-refractivity contribution is 6.31. The number of nitrogens with one attached hydrogen (secondary N) is 2. The largest absolute Gasteiger partial charge is 0.356 e. The molecular formula is C21H21ClN4O. The van der Waals surface area contributed by atoms with Crippen molar-refractivity contribution in [2.75, 3.05) is 6.54 Å². The number of aromatic amines is 1. The lowest BCUT2D eigenvalue weighted by Gasteiger charge is -2.07. The summed E-state index contributed by atoms with van der Waals surface area (Å²) >= 11 is 6.07. The Balaban J connectivity index is 1.23. The van der Waals surface area contributed by atoms with Crippen LogP contribution in [0.15, 0.2) is 54.7 Å². The Morgan fingerprint density at radius 2 is 2.07 bits per heavy atom. The molecule has 0 saturated heterocycles. The fraction of sp³-hybridized carbons (Fsp3) is 0.238. The van der Waals surface area contributed by atoms with E-state index in [2.05, 4.69) is 19.9 Å². The summed E-state index contributed by atoms with van der Waals surface area (Å²) in [4.78, 5) is 20.0. The first-order valence-electron chi connectivity index (χ1n) is 9.14. The average molecular weight is 381 g/mol. The molecule has 0 fully saturated rings. The minimum absolute atomic E-state index is 0.0588. The molecule has 2 aromatic heterocycles. The predicted octanol–water partition coefficient (Wildman–Crippen LogP) is 4.31. The SMILES string of the molecule is O=C(CCn1ccc2ccc(Cl)cc21)NCCCc1nc2ccccc2[nH]1. The third-order valence-electron chi connectivity index (χ3n) is 4.67. The first kappa shape index (κ1) is 17.6. The van der Waals surface area contributed by atoms with E-state index in [9.17, 15) is 4.79 Å². The van der Waals surface area contributed by atoms with Crippen LogP contribution in [0.5, 0.6) is 0 Å². The van der Waals surface area contributed by atoms with Crippen molar-refractivity contribution in [1.82, 2.24) is 19.9 Å². The van der Waals surface area contributed by atoms with Gasteiger partial charge >= 0.3 is 0 Å². The van der Waals surface area contributed by atoms with E-state index < -0.39 is 0 Å². The first-order valence-corrected chi connectivity index (χ1v) is 9.51. The summed E-state index contributed by atoms with van der Waals surface area (Å²) in [5.74, 6) is 1.02. The van der Waals surface area contributed by atoms with Gasteiger partial charge in [0.1, 0.15) is 5.82 Å². The van der Waals surface area contributed by atoms with Crippen LogP contribution in [0.2, 0.25) is 5.02 Å². The second-order valence-electron chi connectivity index (χ2n) is 6.62. The lowest BCUT2D eigenvalue weighted by Crippen LogP contribution is -2.25. The van der Waals surface area contributed by atoms with Gasteiger partial charge in [-0.25, -0.2) is 4.98 Å². The van der Waals surface area contributed by atoms with E-state index in [-0.39, 0.29) is 5.91 Å². The molecule has 2 heterocycles. The molecule has 138 valence electrons. The summed E-state index contributed by atoms with van der Waals surface area (Å²) in [5.41, 5.74) is 3.09.